The third kappa shape index (κ3) is 6.08. The van der Waals surface area contributed by atoms with Gasteiger partial charge in [-0.15, -0.1) is 0 Å². The van der Waals surface area contributed by atoms with Gasteiger partial charge in [0.05, 0.1) is 24.3 Å². The number of alkyl halides is 4. The van der Waals surface area contributed by atoms with E-state index >= 15 is 0 Å². The van der Waals surface area contributed by atoms with Crippen LogP contribution in [0.1, 0.15) is 48.8 Å². The van der Waals surface area contributed by atoms with E-state index in [1.807, 2.05) is 0 Å². The van der Waals surface area contributed by atoms with Crippen LogP contribution in [0.15, 0.2) is 30.5 Å². The van der Waals surface area contributed by atoms with Crippen molar-refractivity contribution in [2.75, 3.05) is 6.54 Å². The third-order valence-electron chi connectivity index (χ3n) is 5.17. The Morgan fingerprint density at radius 3 is 2.37 bits per heavy atom. The number of carbonyl (C=O) groups is 3. The van der Waals surface area contributed by atoms with Gasteiger partial charge in [0.1, 0.15) is 17.9 Å². The molecule has 0 bridgehead atoms. The zero-order chi connectivity index (χ0) is 26.1. The van der Waals surface area contributed by atoms with Gasteiger partial charge >= 0.3 is 18.2 Å². The molecule has 1 fully saturated rings. The van der Waals surface area contributed by atoms with Crippen LogP contribution >= 0.6 is 0 Å². The Balaban J connectivity index is 1.88. The van der Waals surface area contributed by atoms with Crippen LogP contribution in [0.5, 0.6) is 0 Å². The molecule has 9 nitrogen and oxygen atoms in total. The number of carbonyl (C=O) groups excluding carboxylic acids is 2. The van der Waals surface area contributed by atoms with Crippen LogP contribution in [0.3, 0.4) is 0 Å². The summed E-state index contributed by atoms with van der Waals surface area (Å²) in [4.78, 5) is 38.3. The number of hydrogen-bond donors (Lipinski definition) is 1. The normalized spacial score (nSPS) is 18.4. The molecule has 2 amide bonds. The summed E-state index contributed by atoms with van der Waals surface area (Å²) in [7, 11) is 0. The molecular weight excluding hydrogens is 476 g/mol. The molecule has 1 aliphatic heterocycles. The van der Waals surface area contributed by atoms with E-state index in [1.54, 1.807) is 20.8 Å². The van der Waals surface area contributed by atoms with Crippen LogP contribution in [0.2, 0.25) is 0 Å². The van der Waals surface area contributed by atoms with Crippen molar-refractivity contribution in [3.63, 3.8) is 0 Å². The van der Waals surface area contributed by atoms with Crippen LogP contribution < -0.4 is 0 Å². The van der Waals surface area contributed by atoms with Crippen LogP contribution in [-0.4, -0.2) is 67.6 Å². The van der Waals surface area contributed by atoms with Gasteiger partial charge in [0.2, 0.25) is 6.41 Å². The molecule has 0 spiro atoms. The average molecular weight is 500 g/mol. The second kappa shape index (κ2) is 9.55. The lowest BCUT2D eigenvalue weighted by atomic mass is 10.2. The lowest BCUT2D eigenvalue weighted by Crippen LogP contribution is -2.48. The highest BCUT2D eigenvalue weighted by Crippen LogP contribution is 2.30. The van der Waals surface area contributed by atoms with Gasteiger partial charge in [-0.1, -0.05) is 0 Å². The molecule has 2 heterocycles. The molecule has 0 saturated carbocycles. The van der Waals surface area contributed by atoms with Crippen molar-refractivity contribution in [3.8, 4) is 5.69 Å². The van der Waals surface area contributed by atoms with E-state index in [0.717, 1.165) is 38.7 Å². The van der Waals surface area contributed by atoms with Crippen molar-refractivity contribution < 1.29 is 41.8 Å². The number of halogens is 4. The van der Waals surface area contributed by atoms with Gasteiger partial charge in [0.25, 0.3) is 0 Å². The van der Waals surface area contributed by atoms with Gasteiger partial charge in [-0.25, -0.2) is 18.7 Å². The number of aromatic carboxylic acids is 1. The molecule has 13 heteroatoms. The van der Waals surface area contributed by atoms with Crippen molar-refractivity contribution in [2.45, 2.75) is 57.9 Å². The number of benzene rings is 1. The van der Waals surface area contributed by atoms with E-state index < -0.39 is 47.4 Å². The summed E-state index contributed by atoms with van der Waals surface area (Å²) < 4.78 is 59.1. The summed E-state index contributed by atoms with van der Waals surface area (Å²) in [5.74, 6) is -1.43. The topological polar surface area (TPSA) is 105 Å². The van der Waals surface area contributed by atoms with Gasteiger partial charge < -0.3 is 14.7 Å². The molecule has 190 valence electrons. The molecule has 1 aromatic carbocycles. The molecule has 3 rings (SSSR count). The van der Waals surface area contributed by atoms with E-state index in [1.165, 1.54) is 6.20 Å². The molecule has 1 N–H and O–H groups in total. The number of ether oxygens (including phenoxy) is 1. The minimum Gasteiger partial charge on any atom is -0.476 e. The number of amides is 2. The highest BCUT2D eigenvalue weighted by Gasteiger charge is 2.41. The molecular formula is C22H24F4N4O5. The van der Waals surface area contributed by atoms with Gasteiger partial charge in [0.15, 0.2) is 5.69 Å². The van der Waals surface area contributed by atoms with E-state index in [0.29, 0.717) is 6.41 Å². The Labute approximate surface area is 197 Å². The third-order valence-corrected chi connectivity index (χ3v) is 5.17. The van der Waals surface area contributed by atoms with E-state index in [4.69, 9.17) is 4.74 Å². The summed E-state index contributed by atoms with van der Waals surface area (Å²) in [6.07, 6.45) is -6.41. The highest BCUT2D eigenvalue weighted by atomic mass is 19.4. The molecule has 1 saturated heterocycles. The standard InChI is InChI=1S/C22H24F4N4O5/c1-21(2,3)35-20(34)29-11-15(23)8-17(29)28(12-31)9-13-10-30(27-18(13)19(32)33)16-6-4-14(5-7-16)22(24,25)26/h4-7,10,12,15,17H,8-9,11H2,1-3H3,(H,32,33). The predicted octanol–water partition coefficient (Wildman–Crippen LogP) is 3.85. The molecule has 0 radical (unpaired) electrons. The maximum Gasteiger partial charge on any atom is 0.416 e. The van der Waals surface area contributed by atoms with Crippen LogP contribution in [-0.2, 0) is 22.3 Å². The minimum absolute atomic E-state index is 0.0379. The van der Waals surface area contributed by atoms with Gasteiger partial charge in [0, 0.05) is 18.2 Å². The highest BCUT2D eigenvalue weighted by molar-refractivity contribution is 5.87. The second-order valence-electron chi connectivity index (χ2n) is 9.02. The van der Waals surface area contributed by atoms with Crippen molar-refractivity contribution in [2.24, 2.45) is 0 Å². The van der Waals surface area contributed by atoms with Crippen molar-refractivity contribution in [1.29, 1.82) is 0 Å². The van der Waals surface area contributed by atoms with Gasteiger partial charge in [-0.05, 0) is 45.0 Å². The number of likely N-dealkylation sites (tertiary alicyclic amines) is 1. The summed E-state index contributed by atoms with van der Waals surface area (Å²) in [6, 6.07) is 3.90. The van der Waals surface area contributed by atoms with Gasteiger partial charge in [-0.2, -0.15) is 18.3 Å². The fourth-order valence-corrected chi connectivity index (χ4v) is 3.65. The number of carboxylic acid groups (broad SMARTS) is 1. The number of hydrogen-bond acceptors (Lipinski definition) is 5. The Bertz CT molecular complexity index is 1090. The Hall–Kier alpha value is -3.64. The summed E-state index contributed by atoms with van der Waals surface area (Å²) >= 11 is 0. The Morgan fingerprint density at radius 1 is 1.23 bits per heavy atom. The molecule has 1 aliphatic rings. The SMILES string of the molecule is CC(C)(C)OC(=O)N1CC(F)CC1N(C=O)Cc1cn(-c2ccc(C(F)(F)F)cc2)nc1C(=O)O. The molecule has 2 aromatic rings. The zero-order valence-electron chi connectivity index (χ0n) is 19.1. The predicted molar refractivity (Wildman–Crippen MR) is 113 cm³/mol. The lowest BCUT2D eigenvalue weighted by Gasteiger charge is -2.33. The van der Waals surface area contributed by atoms with Crippen LogP contribution in [0, 0.1) is 0 Å². The second-order valence-corrected chi connectivity index (χ2v) is 9.02. The van der Waals surface area contributed by atoms with E-state index in [2.05, 4.69) is 5.10 Å². The summed E-state index contributed by atoms with van der Waals surface area (Å²) in [5, 5.41) is 13.5. The maximum absolute atomic E-state index is 14.2. The average Bonchev–Trinajstić information content (AvgIpc) is 3.34. The van der Waals surface area contributed by atoms with E-state index in [9.17, 15) is 37.1 Å². The van der Waals surface area contributed by atoms with Crippen molar-refractivity contribution in [3.05, 3.63) is 47.3 Å². The minimum atomic E-state index is -4.54. The summed E-state index contributed by atoms with van der Waals surface area (Å²) in [6.45, 7) is 4.25. The molecule has 1 aromatic heterocycles. The first-order valence-electron chi connectivity index (χ1n) is 10.5. The quantitative estimate of drug-likeness (QED) is 0.477. The van der Waals surface area contributed by atoms with Crippen molar-refractivity contribution in [1.82, 2.24) is 19.6 Å². The first kappa shape index (κ1) is 26.0. The van der Waals surface area contributed by atoms with Crippen LogP contribution in [0.4, 0.5) is 22.4 Å². The lowest BCUT2D eigenvalue weighted by molar-refractivity contribution is -0.137. The smallest absolute Gasteiger partial charge is 0.416 e. The summed E-state index contributed by atoms with van der Waals surface area (Å²) in [5.41, 5.74) is -2.00. The fraction of sp³-hybridized carbons (Fsp3) is 0.455. The van der Waals surface area contributed by atoms with Crippen molar-refractivity contribution >= 4 is 18.5 Å². The monoisotopic (exact) mass is 500 g/mol. The molecule has 2 unspecified atom stereocenters. The molecule has 0 aliphatic carbocycles. The zero-order valence-corrected chi connectivity index (χ0v) is 19.1. The van der Waals surface area contributed by atoms with Gasteiger partial charge in [-0.3, -0.25) is 9.69 Å². The Kier molecular flexibility index (Phi) is 7.08. The Morgan fingerprint density at radius 2 is 1.86 bits per heavy atom. The first-order valence-corrected chi connectivity index (χ1v) is 10.5. The van der Waals surface area contributed by atoms with E-state index in [-0.39, 0.29) is 30.8 Å². The molecule has 35 heavy (non-hydrogen) atoms. The number of carboxylic acids is 1. The fourth-order valence-electron chi connectivity index (χ4n) is 3.65. The molecule has 2 atom stereocenters. The first-order chi connectivity index (χ1) is 16.2. The number of nitrogens with zero attached hydrogens (tertiary/aromatic N) is 4. The largest absolute Gasteiger partial charge is 0.476 e. The number of rotatable bonds is 6. The maximum atomic E-state index is 14.2. The number of aromatic nitrogens is 2. The van der Waals surface area contributed by atoms with Crippen LogP contribution in [0.25, 0.3) is 5.69 Å².